The number of imidazole rings is 1. The summed E-state index contributed by atoms with van der Waals surface area (Å²) >= 11 is 6.02. The molecule has 0 aliphatic carbocycles. The number of halogens is 1. The lowest BCUT2D eigenvalue weighted by Gasteiger charge is -2.07. The predicted molar refractivity (Wildman–Crippen MR) is 98.3 cm³/mol. The van der Waals surface area contributed by atoms with Crippen molar-refractivity contribution in [2.24, 2.45) is 0 Å². The number of benzene rings is 1. The lowest BCUT2D eigenvalue weighted by Crippen LogP contribution is -1.99. The van der Waals surface area contributed by atoms with Crippen LogP contribution in [0.1, 0.15) is 5.69 Å². The van der Waals surface area contributed by atoms with E-state index in [9.17, 15) is 0 Å². The van der Waals surface area contributed by atoms with Gasteiger partial charge in [-0.1, -0.05) is 11.6 Å². The maximum atomic E-state index is 6.02. The molecule has 0 amide bonds. The Morgan fingerprint density at radius 1 is 1.08 bits per heavy atom. The summed E-state index contributed by atoms with van der Waals surface area (Å²) in [5.41, 5.74) is 9.64. The van der Waals surface area contributed by atoms with Crippen molar-refractivity contribution in [2.75, 3.05) is 11.1 Å². The van der Waals surface area contributed by atoms with E-state index in [-0.39, 0.29) is 5.15 Å². The van der Waals surface area contributed by atoms with Gasteiger partial charge in [-0.15, -0.1) is 5.10 Å². The van der Waals surface area contributed by atoms with Crippen molar-refractivity contribution >= 4 is 39.8 Å². The second-order valence-electron chi connectivity index (χ2n) is 5.55. The molecule has 0 saturated carbocycles. The highest BCUT2D eigenvalue weighted by Gasteiger charge is 2.09. The molecule has 0 spiro atoms. The standard InChI is InChI=1S/C17H14ClN7/c1-10-2-6-15(24-23-10)21-11-3-5-14-13(8-11)20-9-25(14)16-7-4-12(19)17(18)22-16/h2-9H,19H2,1H3,(H,21,24). The van der Waals surface area contributed by atoms with Gasteiger partial charge in [-0.05, 0) is 49.4 Å². The first-order chi connectivity index (χ1) is 12.1. The second kappa shape index (κ2) is 6.03. The Hall–Kier alpha value is -3.19. The fourth-order valence-electron chi connectivity index (χ4n) is 2.46. The van der Waals surface area contributed by atoms with Crippen LogP contribution in [0, 0.1) is 6.92 Å². The van der Waals surface area contributed by atoms with Crippen molar-refractivity contribution in [1.29, 1.82) is 0 Å². The first-order valence-electron chi connectivity index (χ1n) is 7.57. The van der Waals surface area contributed by atoms with E-state index in [0.29, 0.717) is 17.3 Å². The number of fused-ring (bicyclic) bond motifs is 1. The van der Waals surface area contributed by atoms with E-state index in [1.165, 1.54) is 0 Å². The van der Waals surface area contributed by atoms with Crippen LogP contribution in [-0.4, -0.2) is 24.7 Å². The second-order valence-corrected chi connectivity index (χ2v) is 5.91. The number of aryl methyl sites for hydroxylation is 1. The first kappa shape index (κ1) is 15.3. The van der Waals surface area contributed by atoms with Gasteiger partial charge in [-0.25, -0.2) is 9.97 Å². The van der Waals surface area contributed by atoms with Crippen molar-refractivity contribution in [3.63, 3.8) is 0 Å². The minimum atomic E-state index is 0.274. The molecule has 0 aliphatic rings. The topological polar surface area (TPSA) is 94.5 Å². The molecule has 4 rings (SSSR count). The Morgan fingerprint density at radius 2 is 1.96 bits per heavy atom. The molecule has 3 N–H and O–H groups in total. The van der Waals surface area contributed by atoms with Crippen LogP contribution in [0.15, 0.2) is 48.8 Å². The summed E-state index contributed by atoms with van der Waals surface area (Å²) in [6.07, 6.45) is 1.70. The molecule has 8 heteroatoms. The van der Waals surface area contributed by atoms with Crippen LogP contribution in [0.5, 0.6) is 0 Å². The highest BCUT2D eigenvalue weighted by molar-refractivity contribution is 6.31. The molecule has 0 fully saturated rings. The molecule has 0 radical (unpaired) electrons. The summed E-state index contributed by atoms with van der Waals surface area (Å²) in [6.45, 7) is 1.90. The van der Waals surface area contributed by atoms with Crippen LogP contribution >= 0.6 is 11.6 Å². The highest BCUT2D eigenvalue weighted by atomic mass is 35.5. The molecular formula is C17H14ClN7. The summed E-state index contributed by atoms with van der Waals surface area (Å²) in [7, 11) is 0. The third-order valence-electron chi connectivity index (χ3n) is 3.73. The smallest absolute Gasteiger partial charge is 0.154 e. The number of aromatic nitrogens is 5. The largest absolute Gasteiger partial charge is 0.396 e. The van der Waals surface area contributed by atoms with Crippen LogP contribution < -0.4 is 11.1 Å². The number of nitrogens with two attached hydrogens (primary N) is 1. The number of rotatable bonds is 3. The van der Waals surface area contributed by atoms with Crippen LogP contribution in [0.2, 0.25) is 5.15 Å². The van der Waals surface area contributed by atoms with Gasteiger partial charge in [0, 0.05) is 5.69 Å². The van der Waals surface area contributed by atoms with Crippen molar-refractivity contribution in [3.8, 4) is 5.82 Å². The molecule has 0 bridgehead atoms. The molecule has 1 aromatic carbocycles. The fraction of sp³-hybridized carbons (Fsp3) is 0.0588. The van der Waals surface area contributed by atoms with E-state index in [2.05, 4.69) is 25.5 Å². The average Bonchev–Trinajstić information content (AvgIpc) is 3.03. The first-order valence-corrected chi connectivity index (χ1v) is 7.95. The van der Waals surface area contributed by atoms with Gasteiger partial charge in [0.2, 0.25) is 0 Å². The predicted octanol–water partition coefficient (Wildman–Crippen LogP) is 3.50. The molecule has 0 atom stereocenters. The monoisotopic (exact) mass is 351 g/mol. The number of nitrogen functional groups attached to an aromatic ring is 1. The Kier molecular flexibility index (Phi) is 3.70. The van der Waals surface area contributed by atoms with Gasteiger partial charge < -0.3 is 11.1 Å². The molecule has 3 aromatic heterocycles. The summed E-state index contributed by atoms with van der Waals surface area (Å²) in [5, 5.41) is 11.6. The normalized spacial score (nSPS) is 11.0. The van der Waals surface area contributed by atoms with Crippen molar-refractivity contribution in [3.05, 3.63) is 59.6 Å². The lowest BCUT2D eigenvalue weighted by atomic mass is 10.2. The number of hydrogen-bond donors (Lipinski definition) is 2. The number of nitrogens with zero attached hydrogens (tertiary/aromatic N) is 5. The van der Waals surface area contributed by atoms with Gasteiger partial charge in [-0.3, -0.25) is 4.57 Å². The Balaban J connectivity index is 1.68. The quantitative estimate of drug-likeness (QED) is 0.548. The SMILES string of the molecule is Cc1ccc(Nc2ccc3c(c2)ncn3-c2ccc(N)c(Cl)n2)nn1. The molecular weight excluding hydrogens is 338 g/mol. The van der Waals surface area contributed by atoms with E-state index in [1.807, 2.05) is 41.8 Å². The van der Waals surface area contributed by atoms with E-state index in [0.717, 1.165) is 22.4 Å². The van der Waals surface area contributed by atoms with Gasteiger partial charge in [0.25, 0.3) is 0 Å². The highest BCUT2D eigenvalue weighted by Crippen LogP contribution is 2.24. The van der Waals surface area contributed by atoms with Crippen LogP contribution in [0.3, 0.4) is 0 Å². The van der Waals surface area contributed by atoms with E-state index >= 15 is 0 Å². The molecule has 3 heterocycles. The molecule has 0 aliphatic heterocycles. The molecule has 7 nitrogen and oxygen atoms in total. The molecule has 124 valence electrons. The van der Waals surface area contributed by atoms with Gasteiger partial charge in [-0.2, -0.15) is 5.10 Å². The van der Waals surface area contributed by atoms with E-state index in [1.54, 1.807) is 18.5 Å². The number of hydrogen-bond acceptors (Lipinski definition) is 6. The Morgan fingerprint density at radius 3 is 2.72 bits per heavy atom. The number of nitrogens with one attached hydrogen (secondary N) is 1. The minimum absolute atomic E-state index is 0.274. The lowest BCUT2D eigenvalue weighted by molar-refractivity contribution is 0.986. The molecule has 0 saturated heterocycles. The zero-order valence-corrected chi connectivity index (χ0v) is 14.1. The fourth-order valence-corrected chi connectivity index (χ4v) is 2.61. The van der Waals surface area contributed by atoms with Crippen molar-refractivity contribution < 1.29 is 0 Å². The molecule has 0 unspecified atom stereocenters. The summed E-state index contributed by atoms with van der Waals surface area (Å²) in [6, 6.07) is 13.1. The van der Waals surface area contributed by atoms with Gasteiger partial charge >= 0.3 is 0 Å². The molecule has 4 aromatic rings. The average molecular weight is 352 g/mol. The maximum absolute atomic E-state index is 6.02. The third kappa shape index (κ3) is 2.97. The summed E-state index contributed by atoms with van der Waals surface area (Å²) in [5.74, 6) is 1.34. The molecule has 25 heavy (non-hydrogen) atoms. The van der Waals surface area contributed by atoms with Crippen molar-refractivity contribution in [1.82, 2.24) is 24.7 Å². The van der Waals surface area contributed by atoms with Gasteiger partial charge in [0.05, 0.1) is 22.4 Å². The maximum Gasteiger partial charge on any atom is 0.154 e. The van der Waals surface area contributed by atoms with Crippen LogP contribution in [0.4, 0.5) is 17.2 Å². The van der Waals surface area contributed by atoms with Crippen LogP contribution in [0.25, 0.3) is 16.9 Å². The number of anilines is 3. The third-order valence-corrected chi connectivity index (χ3v) is 4.03. The zero-order valence-electron chi connectivity index (χ0n) is 13.3. The van der Waals surface area contributed by atoms with E-state index < -0.39 is 0 Å². The summed E-state index contributed by atoms with van der Waals surface area (Å²) in [4.78, 5) is 8.73. The van der Waals surface area contributed by atoms with Gasteiger partial charge in [0.1, 0.15) is 12.1 Å². The number of pyridine rings is 1. The minimum Gasteiger partial charge on any atom is -0.396 e. The Labute approximate surface area is 148 Å². The van der Waals surface area contributed by atoms with E-state index in [4.69, 9.17) is 17.3 Å². The zero-order chi connectivity index (χ0) is 17.4. The van der Waals surface area contributed by atoms with Crippen molar-refractivity contribution in [2.45, 2.75) is 6.92 Å². The Bertz CT molecular complexity index is 1060. The van der Waals surface area contributed by atoms with Crippen LogP contribution in [-0.2, 0) is 0 Å². The van der Waals surface area contributed by atoms with Gasteiger partial charge in [0.15, 0.2) is 11.0 Å². The summed E-state index contributed by atoms with van der Waals surface area (Å²) < 4.78 is 1.86.